The van der Waals surface area contributed by atoms with Gasteiger partial charge < -0.3 is 24.4 Å². The van der Waals surface area contributed by atoms with E-state index in [9.17, 15) is 0 Å². The van der Waals surface area contributed by atoms with E-state index < -0.39 is 6.10 Å². The van der Waals surface area contributed by atoms with E-state index in [1.807, 2.05) is 0 Å². The summed E-state index contributed by atoms with van der Waals surface area (Å²) in [5.74, 6) is 0. The smallest absolute Gasteiger partial charge is 0.104 e. The number of hydrogen-bond donors (Lipinski definition) is 2. The molecule has 5 nitrogen and oxygen atoms in total. The minimum Gasteiger partial charge on any atom is -0.394 e. The van der Waals surface area contributed by atoms with Crippen LogP contribution in [0, 0.1) is 0 Å². The van der Waals surface area contributed by atoms with Gasteiger partial charge in [0.05, 0.1) is 39.6 Å². The lowest BCUT2D eigenvalue weighted by Crippen LogP contribution is -2.24. The molecule has 0 aromatic rings. The molecule has 0 atom stereocenters. The third-order valence-electron chi connectivity index (χ3n) is 3.50. The Hall–Kier alpha value is -0.200. The van der Waals surface area contributed by atoms with E-state index in [4.69, 9.17) is 24.4 Å². The molecule has 0 radical (unpaired) electrons. The van der Waals surface area contributed by atoms with Gasteiger partial charge >= 0.3 is 0 Å². The largest absolute Gasteiger partial charge is 0.394 e. The standard InChI is InChI=1S/C17H36O5/c1-2-3-4-5-6-7-8-9-10-20-11-12-21-13-14-22-17(15-18)16-19/h17-19H,2-16H2,1H3. The van der Waals surface area contributed by atoms with E-state index in [0.29, 0.717) is 26.4 Å². The molecule has 2 N–H and O–H groups in total. The van der Waals surface area contributed by atoms with Crippen LogP contribution in [0.3, 0.4) is 0 Å². The Kier molecular flexibility index (Phi) is 18.7. The van der Waals surface area contributed by atoms with Crippen molar-refractivity contribution in [3.63, 3.8) is 0 Å². The van der Waals surface area contributed by atoms with Crippen LogP contribution in [0.4, 0.5) is 0 Å². The Morgan fingerprint density at radius 3 is 1.73 bits per heavy atom. The second kappa shape index (κ2) is 18.8. The molecular weight excluding hydrogens is 284 g/mol. The summed E-state index contributed by atoms with van der Waals surface area (Å²) in [6.07, 6.45) is 9.99. The van der Waals surface area contributed by atoms with Crippen LogP contribution in [-0.4, -0.2) is 62.6 Å². The molecule has 0 bridgehead atoms. The van der Waals surface area contributed by atoms with Gasteiger partial charge in [0, 0.05) is 6.61 Å². The predicted octanol–water partition coefficient (Wildman–Crippen LogP) is 2.53. The van der Waals surface area contributed by atoms with Gasteiger partial charge in [-0.3, -0.25) is 0 Å². The molecule has 0 spiro atoms. The fourth-order valence-electron chi connectivity index (χ4n) is 2.10. The summed E-state index contributed by atoms with van der Waals surface area (Å²) in [6.45, 7) is 4.72. The van der Waals surface area contributed by atoms with Crippen molar-refractivity contribution in [3.8, 4) is 0 Å². The minimum absolute atomic E-state index is 0.168. The van der Waals surface area contributed by atoms with Crippen molar-refractivity contribution in [2.45, 2.75) is 64.4 Å². The van der Waals surface area contributed by atoms with Crippen molar-refractivity contribution in [1.82, 2.24) is 0 Å². The van der Waals surface area contributed by atoms with Gasteiger partial charge in [-0.1, -0.05) is 51.9 Å². The van der Waals surface area contributed by atoms with Crippen molar-refractivity contribution < 1.29 is 24.4 Å². The summed E-state index contributed by atoms with van der Waals surface area (Å²) >= 11 is 0. The summed E-state index contributed by atoms with van der Waals surface area (Å²) in [7, 11) is 0. The van der Waals surface area contributed by atoms with Gasteiger partial charge in [-0.05, 0) is 6.42 Å². The third kappa shape index (κ3) is 16.2. The maximum absolute atomic E-state index is 8.80. The zero-order valence-electron chi connectivity index (χ0n) is 14.3. The van der Waals surface area contributed by atoms with E-state index >= 15 is 0 Å². The molecule has 0 fully saturated rings. The average molecular weight is 320 g/mol. The summed E-state index contributed by atoms with van der Waals surface area (Å²) < 4.78 is 16.0. The Labute approximate surface area is 136 Å². The van der Waals surface area contributed by atoms with Crippen LogP contribution in [0.15, 0.2) is 0 Å². The molecular formula is C17H36O5. The van der Waals surface area contributed by atoms with Crippen LogP contribution < -0.4 is 0 Å². The minimum atomic E-state index is -0.498. The van der Waals surface area contributed by atoms with Gasteiger partial charge in [0.1, 0.15) is 6.10 Å². The summed E-state index contributed by atoms with van der Waals surface area (Å²) in [5, 5.41) is 17.6. The highest BCUT2D eigenvalue weighted by Gasteiger charge is 2.04. The normalized spacial score (nSPS) is 11.5. The predicted molar refractivity (Wildman–Crippen MR) is 88.2 cm³/mol. The van der Waals surface area contributed by atoms with Crippen LogP contribution in [-0.2, 0) is 14.2 Å². The Bertz CT molecular complexity index is 197. The first-order valence-corrected chi connectivity index (χ1v) is 8.84. The van der Waals surface area contributed by atoms with Gasteiger partial charge in [0.15, 0.2) is 0 Å². The van der Waals surface area contributed by atoms with Crippen LogP contribution in [0.1, 0.15) is 58.3 Å². The number of unbranched alkanes of at least 4 members (excludes halogenated alkanes) is 7. The molecule has 22 heavy (non-hydrogen) atoms. The summed E-state index contributed by atoms with van der Waals surface area (Å²) in [5.41, 5.74) is 0. The first-order chi connectivity index (χ1) is 10.8. The molecule has 0 heterocycles. The van der Waals surface area contributed by atoms with E-state index in [2.05, 4.69) is 6.92 Å². The fraction of sp³-hybridized carbons (Fsp3) is 1.00. The molecule has 0 aromatic carbocycles. The molecule has 0 rings (SSSR count). The molecule has 0 aromatic heterocycles. The monoisotopic (exact) mass is 320 g/mol. The lowest BCUT2D eigenvalue weighted by molar-refractivity contribution is -0.0477. The molecule has 0 saturated carbocycles. The van der Waals surface area contributed by atoms with Gasteiger partial charge in [-0.25, -0.2) is 0 Å². The molecule has 0 aliphatic rings. The summed E-state index contributed by atoms with van der Waals surface area (Å²) in [4.78, 5) is 0. The van der Waals surface area contributed by atoms with Crippen molar-refractivity contribution in [2.24, 2.45) is 0 Å². The van der Waals surface area contributed by atoms with Crippen molar-refractivity contribution in [3.05, 3.63) is 0 Å². The van der Waals surface area contributed by atoms with E-state index in [1.165, 1.54) is 44.9 Å². The molecule has 0 aliphatic heterocycles. The first-order valence-electron chi connectivity index (χ1n) is 8.84. The van der Waals surface area contributed by atoms with E-state index in [1.54, 1.807) is 0 Å². The number of rotatable bonds is 18. The van der Waals surface area contributed by atoms with Crippen molar-refractivity contribution in [1.29, 1.82) is 0 Å². The second-order valence-corrected chi connectivity index (χ2v) is 5.56. The quantitative estimate of drug-likeness (QED) is 0.380. The molecule has 0 aliphatic carbocycles. The fourth-order valence-corrected chi connectivity index (χ4v) is 2.10. The van der Waals surface area contributed by atoms with Gasteiger partial charge in [0.25, 0.3) is 0 Å². The number of ether oxygens (including phenoxy) is 3. The third-order valence-corrected chi connectivity index (χ3v) is 3.50. The lowest BCUT2D eigenvalue weighted by atomic mass is 10.1. The van der Waals surface area contributed by atoms with Crippen LogP contribution in [0.5, 0.6) is 0 Å². The lowest BCUT2D eigenvalue weighted by Gasteiger charge is -2.12. The van der Waals surface area contributed by atoms with Gasteiger partial charge in [-0.15, -0.1) is 0 Å². The number of aliphatic hydroxyl groups is 2. The number of aliphatic hydroxyl groups excluding tert-OH is 2. The van der Waals surface area contributed by atoms with Crippen LogP contribution >= 0.6 is 0 Å². The summed E-state index contributed by atoms with van der Waals surface area (Å²) in [6, 6.07) is 0. The zero-order valence-corrected chi connectivity index (χ0v) is 14.3. The highest BCUT2D eigenvalue weighted by atomic mass is 16.6. The Morgan fingerprint density at radius 1 is 0.636 bits per heavy atom. The zero-order chi connectivity index (χ0) is 16.3. The highest BCUT2D eigenvalue weighted by Crippen LogP contribution is 2.08. The molecule has 5 heteroatoms. The van der Waals surface area contributed by atoms with Crippen LogP contribution in [0.25, 0.3) is 0 Å². The number of hydrogen-bond acceptors (Lipinski definition) is 5. The highest BCUT2D eigenvalue weighted by molar-refractivity contribution is 4.51. The maximum Gasteiger partial charge on any atom is 0.104 e. The van der Waals surface area contributed by atoms with Gasteiger partial charge in [-0.2, -0.15) is 0 Å². The Morgan fingerprint density at radius 2 is 1.14 bits per heavy atom. The first kappa shape index (κ1) is 21.8. The van der Waals surface area contributed by atoms with Gasteiger partial charge in [0.2, 0.25) is 0 Å². The molecule has 0 unspecified atom stereocenters. The Balaban J connectivity index is 3.02. The maximum atomic E-state index is 8.80. The van der Waals surface area contributed by atoms with Crippen molar-refractivity contribution in [2.75, 3.05) is 46.2 Å². The van der Waals surface area contributed by atoms with E-state index in [0.717, 1.165) is 13.0 Å². The molecule has 134 valence electrons. The SMILES string of the molecule is CCCCCCCCCCOCCOCCOC(CO)CO. The van der Waals surface area contributed by atoms with E-state index in [-0.39, 0.29) is 13.2 Å². The molecule has 0 amide bonds. The average Bonchev–Trinajstić information content (AvgIpc) is 2.55. The van der Waals surface area contributed by atoms with Crippen molar-refractivity contribution >= 4 is 0 Å². The van der Waals surface area contributed by atoms with Crippen LogP contribution in [0.2, 0.25) is 0 Å². The topological polar surface area (TPSA) is 68.2 Å². The second-order valence-electron chi connectivity index (χ2n) is 5.56. The molecule has 0 saturated heterocycles.